The van der Waals surface area contributed by atoms with Gasteiger partial charge in [0.2, 0.25) is 11.6 Å². The Morgan fingerprint density at radius 1 is 1.11 bits per heavy atom. The van der Waals surface area contributed by atoms with Gasteiger partial charge in [-0.2, -0.15) is 13.2 Å². The quantitative estimate of drug-likeness (QED) is 0.730. The second-order valence-corrected chi connectivity index (χ2v) is 5.69. The van der Waals surface area contributed by atoms with E-state index in [0.29, 0.717) is 22.9 Å². The van der Waals surface area contributed by atoms with Gasteiger partial charge >= 0.3 is 6.18 Å². The Hall–Kier alpha value is -2.88. The number of hydrogen-bond donors (Lipinski definition) is 1. The Labute approximate surface area is 163 Å². The molecule has 0 spiro atoms. The van der Waals surface area contributed by atoms with Crippen LogP contribution in [0.15, 0.2) is 24.4 Å². The van der Waals surface area contributed by atoms with Crippen LogP contribution in [0.2, 0.25) is 5.02 Å². The van der Waals surface area contributed by atoms with E-state index in [4.69, 9.17) is 25.8 Å². The zero-order valence-electron chi connectivity index (χ0n) is 15.0. The maximum atomic E-state index is 12.4. The number of rotatable bonds is 7. The molecule has 1 aromatic heterocycles. The highest BCUT2D eigenvalue weighted by Crippen LogP contribution is 2.40. The lowest BCUT2D eigenvalue weighted by Crippen LogP contribution is -2.20. The minimum atomic E-state index is -4.53. The SMILES string of the molecule is COc1cc(NC(=O)c2cnc(OCC(F)(F)F)c(Cl)c2)cc(OC)c1OC. The van der Waals surface area contributed by atoms with Gasteiger partial charge in [-0.25, -0.2) is 4.98 Å². The van der Waals surface area contributed by atoms with E-state index < -0.39 is 24.6 Å². The number of pyridine rings is 1. The molecule has 1 heterocycles. The van der Waals surface area contributed by atoms with Crippen molar-refractivity contribution in [1.82, 2.24) is 4.98 Å². The molecular formula is C17H16ClF3N2O5. The molecule has 152 valence electrons. The number of aromatic nitrogens is 1. The van der Waals surface area contributed by atoms with E-state index in [9.17, 15) is 18.0 Å². The Bertz CT molecular complexity index is 836. The third-order valence-electron chi connectivity index (χ3n) is 3.36. The summed E-state index contributed by atoms with van der Waals surface area (Å²) >= 11 is 5.85. The first kappa shape index (κ1) is 21.4. The lowest BCUT2D eigenvalue weighted by Gasteiger charge is -2.15. The predicted octanol–water partition coefficient (Wildman–Crippen LogP) is 3.95. The average Bonchev–Trinajstić information content (AvgIpc) is 2.65. The first-order chi connectivity index (χ1) is 13.2. The van der Waals surface area contributed by atoms with Gasteiger partial charge < -0.3 is 24.3 Å². The summed E-state index contributed by atoms with van der Waals surface area (Å²) in [6, 6.07) is 4.16. The van der Waals surface area contributed by atoms with Crippen LogP contribution in [0.4, 0.5) is 18.9 Å². The summed E-state index contributed by atoms with van der Waals surface area (Å²) in [5, 5.41) is 2.35. The summed E-state index contributed by atoms with van der Waals surface area (Å²) in [6.45, 7) is -1.54. The predicted molar refractivity (Wildman–Crippen MR) is 94.8 cm³/mol. The van der Waals surface area contributed by atoms with Gasteiger partial charge in [-0.3, -0.25) is 4.79 Å². The van der Waals surface area contributed by atoms with Crippen molar-refractivity contribution < 1.29 is 36.9 Å². The van der Waals surface area contributed by atoms with Crippen molar-refractivity contribution in [2.75, 3.05) is 33.3 Å². The zero-order valence-corrected chi connectivity index (χ0v) is 15.8. The van der Waals surface area contributed by atoms with Gasteiger partial charge in [0.15, 0.2) is 18.1 Å². The van der Waals surface area contributed by atoms with E-state index >= 15 is 0 Å². The van der Waals surface area contributed by atoms with Gasteiger partial charge in [0.1, 0.15) is 5.02 Å². The van der Waals surface area contributed by atoms with Crippen molar-refractivity contribution in [1.29, 1.82) is 0 Å². The second-order valence-electron chi connectivity index (χ2n) is 5.28. The minimum absolute atomic E-state index is 0.0121. The first-order valence-electron chi connectivity index (χ1n) is 7.65. The highest BCUT2D eigenvalue weighted by atomic mass is 35.5. The standard InChI is InChI=1S/C17H16ClF3N2O5/c1-25-12-5-10(6-13(26-2)14(12)27-3)23-15(24)9-4-11(18)16(22-7-9)28-8-17(19,20)21/h4-7H,8H2,1-3H3,(H,23,24). The Kier molecular flexibility index (Phi) is 6.79. The summed E-state index contributed by atoms with van der Waals surface area (Å²) in [5.74, 6) is -0.0401. The van der Waals surface area contributed by atoms with Crippen LogP contribution in [0, 0.1) is 0 Å². The van der Waals surface area contributed by atoms with Gasteiger partial charge in [-0.15, -0.1) is 0 Å². The number of alkyl halides is 3. The maximum absolute atomic E-state index is 12.4. The highest BCUT2D eigenvalue weighted by molar-refractivity contribution is 6.32. The molecule has 7 nitrogen and oxygen atoms in total. The average molecular weight is 421 g/mol. The molecule has 11 heteroatoms. The fourth-order valence-electron chi connectivity index (χ4n) is 2.16. The second kappa shape index (κ2) is 8.87. The summed E-state index contributed by atoms with van der Waals surface area (Å²) in [7, 11) is 4.28. The topological polar surface area (TPSA) is 78.9 Å². The monoisotopic (exact) mass is 420 g/mol. The number of nitrogens with zero attached hydrogens (tertiary/aromatic N) is 1. The number of halogens is 4. The lowest BCUT2D eigenvalue weighted by molar-refractivity contribution is -0.154. The highest BCUT2D eigenvalue weighted by Gasteiger charge is 2.29. The molecule has 1 aromatic carbocycles. The molecule has 0 bridgehead atoms. The summed E-state index contributed by atoms with van der Waals surface area (Å²) in [4.78, 5) is 16.1. The molecule has 28 heavy (non-hydrogen) atoms. The summed E-state index contributed by atoms with van der Waals surface area (Å²) < 4.78 is 56.7. The van der Waals surface area contributed by atoms with Gasteiger partial charge in [0.05, 0.1) is 26.9 Å². The number of benzene rings is 1. The number of ether oxygens (including phenoxy) is 4. The summed E-state index contributed by atoms with van der Waals surface area (Å²) in [5.41, 5.74) is 0.339. The van der Waals surface area contributed by atoms with Gasteiger partial charge in [-0.05, 0) is 6.07 Å². The van der Waals surface area contributed by atoms with E-state index in [2.05, 4.69) is 15.0 Å². The molecule has 0 aliphatic rings. The van der Waals surface area contributed by atoms with Gasteiger partial charge in [0.25, 0.3) is 5.91 Å². The van der Waals surface area contributed by atoms with E-state index in [1.807, 2.05) is 0 Å². The van der Waals surface area contributed by atoms with E-state index in [1.54, 1.807) is 0 Å². The molecule has 0 fully saturated rings. The van der Waals surface area contributed by atoms with E-state index in [1.165, 1.54) is 33.5 Å². The molecule has 2 rings (SSSR count). The van der Waals surface area contributed by atoms with Crippen molar-refractivity contribution in [3.05, 3.63) is 35.0 Å². The molecule has 0 radical (unpaired) electrons. The molecule has 0 aliphatic heterocycles. The molecule has 0 saturated heterocycles. The molecule has 0 saturated carbocycles. The Morgan fingerprint density at radius 3 is 2.18 bits per heavy atom. The number of carbonyl (C=O) groups excluding carboxylic acids is 1. The molecule has 0 unspecified atom stereocenters. The van der Waals surface area contributed by atoms with Crippen LogP contribution >= 0.6 is 11.6 Å². The number of nitrogens with one attached hydrogen (secondary N) is 1. The van der Waals surface area contributed by atoms with Crippen LogP contribution < -0.4 is 24.3 Å². The summed E-state index contributed by atoms with van der Waals surface area (Å²) in [6.07, 6.45) is -3.49. The first-order valence-corrected chi connectivity index (χ1v) is 8.02. The van der Waals surface area contributed by atoms with Crippen molar-refractivity contribution in [2.45, 2.75) is 6.18 Å². The molecule has 1 N–H and O–H groups in total. The van der Waals surface area contributed by atoms with Crippen molar-refractivity contribution in [3.63, 3.8) is 0 Å². The smallest absolute Gasteiger partial charge is 0.422 e. The van der Waals surface area contributed by atoms with Crippen LogP contribution in [0.5, 0.6) is 23.1 Å². The Balaban J connectivity index is 2.20. The maximum Gasteiger partial charge on any atom is 0.422 e. The molecular weight excluding hydrogens is 405 g/mol. The van der Waals surface area contributed by atoms with Crippen molar-refractivity contribution in [3.8, 4) is 23.1 Å². The lowest BCUT2D eigenvalue weighted by atomic mass is 10.2. The van der Waals surface area contributed by atoms with Crippen LogP contribution in [0.3, 0.4) is 0 Å². The van der Waals surface area contributed by atoms with Gasteiger partial charge in [-0.1, -0.05) is 11.6 Å². The van der Waals surface area contributed by atoms with Crippen molar-refractivity contribution in [2.24, 2.45) is 0 Å². The molecule has 1 amide bonds. The number of hydrogen-bond acceptors (Lipinski definition) is 6. The van der Waals surface area contributed by atoms with Crippen LogP contribution in [-0.4, -0.2) is 45.0 Å². The fraction of sp³-hybridized carbons (Fsp3) is 0.294. The third-order valence-corrected chi connectivity index (χ3v) is 3.64. The van der Waals surface area contributed by atoms with Gasteiger partial charge in [0, 0.05) is 24.0 Å². The number of amides is 1. The molecule has 2 aromatic rings. The normalized spacial score (nSPS) is 11.0. The fourth-order valence-corrected chi connectivity index (χ4v) is 2.38. The van der Waals surface area contributed by atoms with Crippen LogP contribution in [-0.2, 0) is 0 Å². The largest absolute Gasteiger partial charge is 0.493 e. The molecule has 0 aliphatic carbocycles. The van der Waals surface area contributed by atoms with E-state index in [-0.39, 0.29) is 10.6 Å². The zero-order chi connectivity index (χ0) is 20.9. The van der Waals surface area contributed by atoms with Crippen LogP contribution in [0.1, 0.15) is 10.4 Å². The minimum Gasteiger partial charge on any atom is -0.493 e. The van der Waals surface area contributed by atoms with Crippen LogP contribution in [0.25, 0.3) is 0 Å². The number of carbonyl (C=O) groups is 1. The van der Waals surface area contributed by atoms with Crippen molar-refractivity contribution >= 4 is 23.2 Å². The van der Waals surface area contributed by atoms with E-state index in [0.717, 1.165) is 12.3 Å². The number of anilines is 1. The molecule has 0 atom stereocenters. The third kappa shape index (κ3) is 5.32. The Morgan fingerprint density at radius 2 is 1.71 bits per heavy atom. The number of methoxy groups -OCH3 is 3.